The summed E-state index contributed by atoms with van der Waals surface area (Å²) in [5, 5.41) is 9.01. The molecule has 0 fully saturated rings. The van der Waals surface area contributed by atoms with Gasteiger partial charge in [0.05, 0.1) is 4.47 Å². The number of nitrogens with two attached hydrogens (primary N) is 1. The summed E-state index contributed by atoms with van der Waals surface area (Å²) >= 11 is 6.82. The SMILES string of the molecule is N#C/C(=C\c1cc(Br)cc(Br)c1OCc1ccccc1)C(N)=O. The number of nitrogens with zero attached hydrogens (tertiary/aromatic N) is 1. The summed E-state index contributed by atoms with van der Waals surface area (Å²) in [6, 6.07) is 15.1. The Hall–Kier alpha value is -2.10. The number of primary amides is 1. The van der Waals surface area contributed by atoms with Crippen molar-refractivity contribution in [3.8, 4) is 11.8 Å². The van der Waals surface area contributed by atoms with Gasteiger partial charge in [0.15, 0.2) is 0 Å². The van der Waals surface area contributed by atoms with Crippen LogP contribution in [0.4, 0.5) is 0 Å². The number of ether oxygens (including phenoxy) is 1. The highest BCUT2D eigenvalue weighted by molar-refractivity contribution is 9.11. The normalized spacial score (nSPS) is 10.9. The topological polar surface area (TPSA) is 76.1 Å². The maximum absolute atomic E-state index is 11.3. The molecule has 0 spiro atoms. The van der Waals surface area contributed by atoms with Crippen LogP contribution >= 0.6 is 31.9 Å². The Labute approximate surface area is 150 Å². The molecule has 0 aliphatic carbocycles. The van der Waals surface area contributed by atoms with Gasteiger partial charge in [-0.1, -0.05) is 46.3 Å². The van der Waals surface area contributed by atoms with E-state index in [9.17, 15) is 4.79 Å². The minimum atomic E-state index is -0.780. The van der Waals surface area contributed by atoms with E-state index in [2.05, 4.69) is 31.9 Å². The van der Waals surface area contributed by atoms with Crippen LogP contribution in [-0.2, 0) is 11.4 Å². The fourth-order valence-corrected chi connectivity index (χ4v) is 3.26. The second-order valence-corrected chi connectivity index (χ2v) is 6.38. The summed E-state index contributed by atoms with van der Waals surface area (Å²) in [7, 11) is 0. The Morgan fingerprint density at radius 3 is 2.57 bits per heavy atom. The van der Waals surface area contributed by atoms with Crippen LogP contribution in [0.15, 0.2) is 57.0 Å². The molecule has 0 atom stereocenters. The standard InChI is InChI=1S/C17H12Br2N2O2/c18-14-7-12(6-13(9-20)17(21)22)16(15(19)8-14)23-10-11-4-2-1-3-5-11/h1-8H,10H2,(H2,21,22)/b13-6+. The van der Waals surface area contributed by atoms with E-state index in [0.29, 0.717) is 22.4 Å². The molecule has 0 unspecified atom stereocenters. The summed E-state index contributed by atoms with van der Waals surface area (Å²) in [5.74, 6) is -0.247. The van der Waals surface area contributed by atoms with Crippen molar-refractivity contribution in [2.75, 3.05) is 0 Å². The number of hydrogen-bond donors (Lipinski definition) is 1. The number of hydrogen-bond acceptors (Lipinski definition) is 3. The van der Waals surface area contributed by atoms with E-state index in [0.717, 1.165) is 10.0 Å². The molecule has 2 aromatic carbocycles. The van der Waals surface area contributed by atoms with Gasteiger partial charge in [-0.2, -0.15) is 5.26 Å². The third-order valence-corrected chi connectivity index (χ3v) is 4.00. The molecule has 0 aliphatic heterocycles. The van der Waals surface area contributed by atoms with Crippen LogP contribution in [0.5, 0.6) is 5.75 Å². The first-order chi connectivity index (χ1) is 11.0. The maximum atomic E-state index is 11.3. The molecule has 2 N–H and O–H groups in total. The molecule has 0 aliphatic rings. The summed E-state index contributed by atoms with van der Waals surface area (Å²) in [6.45, 7) is 0.361. The van der Waals surface area contributed by atoms with E-state index in [-0.39, 0.29) is 5.57 Å². The van der Waals surface area contributed by atoms with Crippen molar-refractivity contribution >= 4 is 43.8 Å². The fourth-order valence-electron chi connectivity index (χ4n) is 1.88. The van der Waals surface area contributed by atoms with Crippen LogP contribution in [0.3, 0.4) is 0 Å². The lowest BCUT2D eigenvalue weighted by molar-refractivity contribution is -0.114. The predicted molar refractivity (Wildman–Crippen MR) is 95.4 cm³/mol. The Morgan fingerprint density at radius 1 is 1.26 bits per heavy atom. The Balaban J connectivity index is 2.38. The van der Waals surface area contributed by atoms with Crippen LogP contribution in [0.2, 0.25) is 0 Å². The van der Waals surface area contributed by atoms with Crippen molar-refractivity contribution in [2.24, 2.45) is 5.73 Å². The molecule has 0 radical (unpaired) electrons. The van der Waals surface area contributed by atoms with E-state index >= 15 is 0 Å². The number of halogens is 2. The molecular weight excluding hydrogens is 424 g/mol. The molecule has 1 amide bonds. The Bertz CT molecular complexity index is 796. The number of nitriles is 1. The lowest BCUT2D eigenvalue weighted by Gasteiger charge is -2.12. The number of benzene rings is 2. The number of carbonyl (C=O) groups is 1. The van der Waals surface area contributed by atoms with Crippen molar-refractivity contribution in [3.05, 3.63) is 68.1 Å². The minimum Gasteiger partial charge on any atom is -0.487 e. The predicted octanol–water partition coefficient (Wildman–Crippen LogP) is 4.18. The van der Waals surface area contributed by atoms with E-state index in [1.165, 1.54) is 6.08 Å². The summed E-state index contributed by atoms with van der Waals surface area (Å²) < 4.78 is 7.35. The average molecular weight is 436 g/mol. The van der Waals surface area contributed by atoms with Crippen LogP contribution < -0.4 is 10.5 Å². The van der Waals surface area contributed by atoms with Gasteiger partial charge >= 0.3 is 0 Å². The van der Waals surface area contributed by atoms with Crippen LogP contribution in [-0.4, -0.2) is 5.91 Å². The molecule has 116 valence electrons. The molecule has 0 bridgehead atoms. The minimum absolute atomic E-state index is 0.139. The lowest BCUT2D eigenvalue weighted by Crippen LogP contribution is -2.12. The molecule has 0 heterocycles. The summed E-state index contributed by atoms with van der Waals surface area (Å²) in [6.07, 6.45) is 1.41. The molecule has 4 nitrogen and oxygen atoms in total. The molecule has 23 heavy (non-hydrogen) atoms. The van der Waals surface area contributed by atoms with E-state index in [4.69, 9.17) is 15.7 Å². The van der Waals surface area contributed by atoms with Crippen molar-refractivity contribution in [1.29, 1.82) is 5.26 Å². The van der Waals surface area contributed by atoms with E-state index in [1.807, 2.05) is 36.4 Å². The fraction of sp³-hybridized carbons (Fsp3) is 0.0588. The second-order valence-electron chi connectivity index (χ2n) is 4.61. The van der Waals surface area contributed by atoms with Gasteiger partial charge < -0.3 is 10.5 Å². The van der Waals surface area contributed by atoms with Gasteiger partial charge in [-0.15, -0.1) is 0 Å². The Morgan fingerprint density at radius 2 is 1.96 bits per heavy atom. The molecule has 0 saturated heterocycles. The lowest BCUT2D eigenvalue weighted by atomic mass is 10.1. The first-order valence-electron chi connectivity index (χ1n) is 6.58. The number of carbonyl (C=O) groups excluding carboxylic acids is 1. The molecule has 2 aromatic rings. The van der Waals surface area contributed by atoms with Gasteiger partial charge in [0, 0.05) is 10.0 Å². The quantitative estimate of drug-likeness (QED) is 0.565. The third-order valence-electron chi connectivity index (χ3n) is 2.95. The zero-order valence-corrected chi connectivity index (χ0v) is 15.1. The highest BCUT2D eigenvalue weighted by Crippen LogP contribution is 2.34. The molecular formula is C17H12Br2N2O2. The first-order valence-corrected chi connectivity index (χ1v) is 8.17. The highest BCUT2D eigenvalue weighted by Gasteiger charge is 2.12. The van der Waals surface area contributed by atoms with Crippen LogP contribution in [0.1, 0.15) is 11.1 Å². The monoisotopic (exact) mass is 434 g/mol. The van der Waals surface area contributed by atoms with Crippen LogP contribution in [0.25, 0.3) is 6.08 Å². The summed E-state index contributed by atoms with van der Waals surface area (Å²) in [5.41, 5.74) is 6.64. The number of amides is 1. The first kappa shape index (κ1) is 17.3. The van der Waals surface area contributed by atoms with Gasteiger partial charge in [-0.05, 0) is 39.7 Å². The second kappa shape index (κ2) is 7.95. The molecule has 0 saturated carbocycles. The summed E-state index contributed by atoms with van der Waals surface area (Å²) in [4.78, 5) is 11.3. The van der Waals surface area contributed by atoms with Crippen molar-refractivity contribution in [3.63, 3.8) is 0 Å². The van der Waals surface area contributed by atoms with Crippen molar-refractivity contribution in [2.45, 2.75) is 6.61 Å². The molecule has 6 heteroatoms. The van der Waals surface area contributed by atoms with Gasteiger partial charge in [-0.25, -0.2) is 0 Å². The van der Waals surface area contributed by atoms with Crippen molar-refractivity contribution < 1.29 is 9.53 Å². The Kier molecular flexibility index (Phi) is 5.97. The third kappa shape index (κ3) is 4.68. The molecule has 0 aromatic heterocycles. The van der Waals surface area contributed by atoms with Gasteiger partial charge in [0.2, 0.25) is 0 Å². The van der Waals surface area contributed by atoms with Gasteiger partial charge in [0.25, 0.3) is 5.91 Å². The van der Waals surface area contributed by atoms with Gasteiger partial charge in [0.1, 0.15) is 24.0 Å². The van der Waals surface area contributed by atoms with E-state index in [1.54, 1.807) is 12.1 Å². The van der Waals surface area contributed by atoms with E-state index < -0.39 is 5.91 Å². The average Bonchev–Trinajstić information content (AvgIpc) is 2.52. The molecule has 2 rings (SSSR count). The largest absolute Gasteiger partial charge is 0.487 e. The van der Waals surface area contributed by atoms with Crippen LogP contribution in [0, 0.1) is 11.3 Å². The van der Waals surface area contributed by atoms with Crippen molar-refractivity contribution in [1.82, 2.24) is 0 Å². The van der Waals surface area contributed by atoms with Gasteiger partial charge in [-0.3, -0.25) is 4.79 Å². The zero-order chi connectivity index (χ0) is 16.8. The number of rotatable bonds is 5. The zero-order valence-electron chi connectivity index (χ0n) is 11.9. The maximum Gasteiger partial charge on any atom is 0.259 e. The highest BCUT2D eigenvalue weighted by atomic mass is 79.9. The smallest absolute Gasteiger partial charge is 0.259 e.